The van der Waals surface area contributed by atoms with Gasteiger partial charge in [0, 0.05) is 11.4 Å². The second kappa shape index (κ2) is 6.28. The van der Waals surface area contributed by atoms with Gasteiger partial charge in [-0.05, 0) is 41.1 Å². The summed E-state index contributed by atoms with van der Waals surface area (Å²) < 4.78 is 10.6. The molecule has 1 aliphatic rings. The predicted molar refractivity (Wildman–Crippen MR) is 81.6 cm³/mol. The second-order valence-corrected chi connectivity index (χ2v) is 5.90. The molecule has 0 bridgehead atoms. The van der Waals surface area contributed by atoms with Gasteiger partial charge in [0.25, 0.3) is 0 Å². The first-order valence-corrected chi connectivity index (χ1v) is 7.75. The van der Waals surface area contributed by atoms with Crippen molar-refractivity contribution < 1.29 is 14.3 Å². The van der Waals surface area contributed by atoms with Gasteiger partial charge in [-0.2, -0.15) is 0 Å². The van der Waals surface area contributed by atoms with Crippen LogP contribution in [0, 0.1) is 0 Å². The number of nitrogens with one attached hydrogen (secondary N) is 1. The van der Waals surface area contributed by atoms with E-state index in [1.807, 2.05) is 35.7 Å². The maximum Gasteiger partial charge on any atom is 0.328 e. The number of fused-ring (bicyclic) bond motifs is 1. The van der Waals surface area contributed by atoms with Crippen LogP contribution in [0.3, 0.4) is 0 Å². The Morgan fingerprint density at radius 3 is 3.19 bits per heavy atom. The van der Waals surface area contributed by atoms with Crippen molar-refractivity contribution in [2.75, 3.05) is 13.7 Å². The van der Waals surface area contributed by atoms with E-state index in [2.05, 4.69) is 5.32 Å². The molecule has 0 saturated heterocycles. The lowest BCUT2D eigenvalue weighted by atomic mass is 10.0. The van der Waals surface area contributed by atoms with E-state index in [0.29, 0.717) is 0 Å². The van der Waals surface area contributed by atoms with Crippen LogP contribution in [0.4, 0.5) is 0 Å². The lowest BCUT2D eigenvalue weighted by molar-refractivity contribution is -0.147. The molecule has 1 atom stereocenters. The van der Waals surface area contributed by atoms with Gasteiger partial charge in [0.1, 0.15) is 18.4 Å². The first-order chi connectivity index (χ1) is 10.3. The van der Waals surface area contributed by atoms with E-state index < -0.39 is 0 Å². The highest BCUT2D eigenvalue weighted by Crippen LogP contribution is 2.28. The molecular weight excluding hydrogens is 286 g/mol. The highest BCUT2D eigenvalue weighted by atomic mass is 32.1. The van der Waals surface area contributed by atoms with Gasteiger partial charge < -0.3 is 14.8 Å². The number of hydrogen-bond acceptors (Lipinski definition) is 5. The van der Waals surface area contributed by atoms with Gasteiger partial charge in [-0.3, -0.25) is 0 Å². The number of carbonyl (C=O) groups is 1. The molecule has 0 saturated carbocycles. The summed E-state index contributed by atoms with van der Waals surface area (Å²) in [6.07, 6.45) is 0.979. The molecule has 0 spiro atoms. The Kier molecular flexibility index (Phi) is 4.22. The number of benzene rings is 1. The lowest BCUT2D eigenvalue weighted by Gasteiger charge is -2.22. The molecule has 1 aromatic carbocycles. The van der Waals surface area contributed by atoms with Crippen molar-refractivity contribution in [2.24, 2.45) is 0 Å². The summed E-state index contributed by atoms with van der Waals surface area (Å²) in [6, 6.07) is 9.20. The van der Waals surface area contributed by atoms with E-state index in [0.717, 1.165) is 29.8 Å². The zero-order valence-electron chi connectivity index (χ0n) is 11.8. The number of rotatable bonds is 4. The Balaban J connectivity index is 1.65. The maximum absolute atomic E-state index is 12.3. The summed E-state index contributed by atoms with van der Waals surface area (Å²) in [6.45, 7) is 1.07. The van der Waals surface area contributed by atoms with Gasteiger partial charge in [0.2, 0.25) is 0 Å². The van der Waals surface area contributed by atoms with Crippen LogP contribution in [0.5, 0.6) is 5.75 Å². The molecule has 0 radical (unpaired) electrons. The molecule has 1 aromatic heterocycles. The number of ether oxygens (including phenoxy) is 2. The van der Waals surface area contributed by atoms with Crippen molar-refractivity contribution in [3.63, 3.8) is 0 Å². The van der Waals surface area contributed by atoms with Crippen LogP contribution in [-0.2, 0) is 22.6 Å². The van der Waals surface area contributed by atoms with Gasteiger partial charge in [0.15, 0.2) is 0 Å². The first kappa shape index (κ1) is 14.1. The minimum Gasteiger partial charge on any atom is -0.497 e. The minimum absolute atomic E-state index is 0.225. The van der Waals surface area contributed by atoms with Crippen LogP contribution >= 0.6 is 11.3 Å². The topological polar surface area (TPSA) is 47.6 Å². The Hall–Kier alpha value is -1.85. The Morgan fingerprint density at radius 2 is 2.33 bits per heavy atom. The normalized spacial score (nSPS) is 17.1. The van der Waals surface area contributed by atoms with Gasteiger partial charge in [-0.1, -0.05) is 12.1 Å². The Labute approximate surface area is 127 Å². The van der Waals surface area contributed by atoms with E-state index in [1.165, 1.54) is 4.88 Å². The molecule has 3 rings (SSSR count). The molecular formula is C16H17NO3S. The van der Waals surface area contributed by atoms with Crippen molar-refractivity contribution in [3.05, 3.63) is 51.7 Å². The number of thiophene rings is 1. The average Bonchev–Trinajstić information content (AvgIpc) is 3.01. The molecule has 110 valence electrons. The van der Waals surface area contributed by atoms with E-state index in [9.17, 15) is 4.79 Å². The molecule has 2 heterocycles. The van der Waals surface area contributed by atoms with Gasteiger partial charge in [-0.15, -0.1) is 11.3 Å². The van der Waals surface area contributed by atoms with Crippen LogP contribution in [0.15, 0.2) is 35.7 Å². The van der Waals surface area contributed by atoms with Crippen molar-refractivity contribution in [3.8, 4) is 5.75 Å². The number of methoxy groups -OCH3 is 1. The zero-order valence-corrected chi connectivity index (χ0v) is 12.6. The van der Waals surface area contributed by atoms with Gasteiger partial charge in [0.05, 0.1) is 7.11 Å². The third-order valence-corrected chi connectivity index (χ3v) is 4.54. The third kappa shape index (κ3) is 3.09. The van der Waals surface area contributed by atoms with Crippen LogP contribution in [-0.4, -0.2) is 19.6 Å². The van der Waals surface area contributed by atoms with E-state index in [1.54, 1.807) is 18.4 Å². The number of carbonyl (C=O) groups excluding carboxylic acids is 1. The van der Waals surface area contributed by atoms with Crippen LogP contribution in [0.1, 0.15) is 22.0 Å². The Morgan fingerprint density at radius 1 is 1.43 bits per heavy atom. The zero-order chi connectivity index (χ0) is 14.7. The molecule has 5 heteroatoms. The second-order valence-electron chi connectivity index (χ2n) is 4.90. The molecule has 0 fully saturated rings. The summed E-state index contributed by atoms with van der Waals surface area (Å²) in [7, 11) is 1.62. The number of esters is 1. The fourth-order valence-corrected chi connectivity index (χ4v) is 3.38. The molecule has 0 amide bonds. The largest absolute Gasteiger partial charge is 0.497 e. The Bertz CT molecular complexity index is 638. The summed E-state index contributed by atoms with van der Waals surface area (Å²) in [4.78, 5) is 13.6. The number of hydrogen-bond donors (Lipinski definition) is 1. The highest BCUT2D eigenvalue weighted by molar-refractivity contribution is 7.10. The van der Waals surface area contributed by atoms with Crippen molar-refractivity contribution in [2.45, 2.75) is 19.1 Å². The first-order valence-electron chi connectivity index (χ1n) is 6.87. The third-order valence-electron chi connectivity index (χ3n) is 3.54. The fourth-order valence-electron chi connectivity index (χ4n) is 2.46. The van der Waals surface area contributed by atoms with Gasteiger partial charge >= 0.3 is 5.97 Å². The summed E-state index contributed by atoms with van der Waals surface area (Å²) in [5.41, 5.74) is 1.98. The maximum atomic E-state index is 12.3. The lowest BCUT2D eigenvalue weighted by Crippen LogP contribution is -2.35. The molecule has 21 heavy (non-hydrogen) atoms. The smallest absolute Gasteiger partial charge is 0.328 e. The van der Waals surface area contributed by atoms with Crippen LogP contribution in [0.25, 0.3) is 0 Å². The monoisotopic (exact) mass is 303 g/mol. The highest BCUT2D eigenvalue weighted by Gasteiger charge is 2.28. The summed E-state index contributed by atoms with van der Waals surface area (Å²) in [5.74, 6) is 0.539. The van der Waals surface area contributed by atoms with Crippen molar-refractivity contribution >= 4 is 17.3 Å². The molecule has 0 aliphatic carbocycles. The van der Waals surface area contributed by atoms with Crippen LogP contribution in [0.2, 0.25) is 0 Å². The standard InChI is InChI=1S/C16H17NO3S/c1-19-12-4-2-3-11(9-12)10-20-16(18)15-13-6-8-21-14(13)5-7-17-15/h2-4,6,8-9,15,17H,5,7,10H2,1H3. The van der Waals surface area contributed by atoms with Gasteiger partial charge in [-0.25, -0.2) is 4.79 Å². The quantitative estimate of drug-likeness (QED) is 0.882. The van der Waals surface area contributed by atoms with E-state index in [-0.39, 0.29) is 18.6 Å². The molecule has 1 aliphatic heterocycles. The minimum atomic E-state index is -0.342. The SMILES string of the molecule is COc1cccc(COC(=O)C2NCCc3sccc32)c1. The van der Waals surface area contributed by atoms with Crippen molar-refractivity contribution in [1.29, 1.82) is 0 Å². The molecule has 1 unspecified atom stereocenters. The van der Waals surface area contributed by atoms with E-state index >= 15 is 0 Å². The summed E-state index contributed by atoms with van der Waals surface area (Å²) in [5, 5.41) is 5.26. The van der Waals surface area contributed by atoms with Crippen molar-refractivity contribution in [1.82, 2.24) is 5.32 Å². The molecule has 4 nitrogen and oxygen atoms in total. The fraction of sp³-hybridized carbons (Fsp3) is 0.312. The predicted octanol–water partition coefficient (Wildman–Crippen LogP) is 2.69. The average molecular weight is 303 g/mol. The molecule has 2 aromatic rings. The van der Waals surface area contributed by atoms with Crippen LogP contribution < -0.4 is 10.1 Å². The summed E-state index contributed by atoms with van der Waals surface area (Å²) >= 11 is 1.70. The van der Waals surface area contributed by atoms with E-state index in [4.69, 9.17) is 9.47 Å². The molecule has 1 N–H and O–H groups in total.